The molecule has 0 unspecified atom stereocenters. The third-order valence-corrected chi connectivity index (χ3v) is 8.12. The van der Waals surface area contributed by atoms with Gasteiger partial charge in [0.25, 0.3) is 0 Å². The number of amides is 1. The molecule has 3 heterocycles. The Labute approximate surface area is 204 Å². The second-order valence-electron chi connectivity index (χ2n) is 8.48. The van der Waals surface area contributed by atoms with Gasteiger partial charge in [-0.1, -0.05) is 18.2 Å². The van der Waals surface area contributed by atoms with Crippen LogP contribution < -0.4 is 14.8 Å². The molecule has 1 saturated heterocycles. The lowest BCUT2D eigenvalue weighted by molar-refractivity contribution is -0.118. The molecule has 2 aliphatic heterocycles. The first-order valence-corrected chi connectivity index (χ1v) is 12.7. The minimum absolute atomic E-state index is 0.150. The normalized spacial score (nSPS) is 19.2. The number of carbonyl (C=O) groups is 1. The van der Waals surface area contributed by atoms with E-state index in [1.54, 1.807) is 19.4 Å². The first-order valence-electron chi connectivity index (χ1n) is 11.3. The van der Waals surface area contributed by atoms with Gasteiger partial charge in [-0.25, -0.2) is 8.42 Å². The largest absolute Gasteiger partial charge is 0.497 e. The number of benzene rings is 2. The number of aromatic nitrogens is 1. The third-order valence-electron chi connectivity index (χ3n) is 6.27. The predicted octanol–water partition coefficient (Wildman–Crippen LogP) is 2.46. The van der Waals surface area contributed by atoms with Crippen LogP contribution in [-0.2, 0) is 14.8 Å². The van der Waals surface area contributed by atoms with Crippen LogP contribution >= 0.6 is 0 Å². The number of piperazine rings is 1. The number of hydrogen-bond acceptors (Lipinski definition) is 7. The molecule has 10 heteroatoms. The van der Waals surface area contributed by atoms with Crippen molar-refractivity contribution in [3.63, 3.8) is 0 Å². The highest BCUT2D eigenvalue weighted by molar-refractivity contribution is 7.89. The maximum Gasteiger partial charge on any atom is 0.244 e. The van der Waals surface area contributed by atoms with Crippen molar-refractivity contribution in [2.75, 3.05) is 45.2 Å². The number of carbonyl (C=O) groups excluding carboxylic acids is 1. The summed E-state index contributed by atoms with van der Waals surface area (Å²) in [6.07, 6.45) is 2.89. The number of sulfonamides is 1. The average Bonchev–Trinajstić information content (AvgIpc) is 2.95. The lowest BCUT2D eigenvalue weighted by Gasteiger charge is -2.39. The molecule has 35 heavy (non-hydrogen) atoms. The number of anilines is 1. The standard InChI is InChI=1S/C25H26N4O5S/c1-33-21-5-2-4-18(12-21)19-7-8-24-23(13-19)27-25(30)16-28-10-11-29(15-20(28)17-34-24)35(31,32)22-6-3-9-26-14-22/h2-9,12-14,20H,10-11,15-17H2,1H3,(H,27,30)/t20-/m1/s1. The van der Waals surface area contributed by atoms with Crippen LogP contribution in [0.5, 0.6) is 11.5 Å². The minimum atomic E-state index is -3.68. The van der Waals surface area contributed by atoms with Gasteiger partial charge in [0, 0.05) is 32.0 Å². The van der Waals surface area contributed by atoms with E-state index in [1.807, 2.05) is 47.4 Å². The molecule has 9 nitrogen and oxygen atoms in total. The molecule has 1 N–H and O–H groups in total. The van der Waals surface area contributed by atoms with E-state index in [0.29, 0.717) is 18.0 Å². The average molecular weight is 495 g/mol. The highest BCUT2D eigenvalue weighted by Gasteiger charge is 2.36. The van der Waals surface area contributed by atoms with E-state index in [0.717, 1.165) is 16.9 Å². The molecule has 0 spiro atoms. The van der Waals surface area contributed by atoms with Crippen molar-refractivity contribution in [1.29, 1.82) is 0 Å². The summed E-state index contributed by atoms with van der Waals surface area (Å²) in [6.45, 7) is 1.33. The summed E-state index contributed by atoms with van der Waals surface area (Å²) < 4.78 is 39.1. The van der Waals surface area contributed by atoms with Crippen LogP contribution in [-0.4, -0.2) is 74.5 Å². The number of pyridine rings is 1. The Balaban J connectivity index is 1.38. The van der Waals surface area contributed by atoms with E-state index in [2.05, 4.69) is 10.3 Å². The molecule has 1 amide bonds. The molecule has 1 aromatic heterocycles. The van der Waals surface area contributed by atoms with Crippen LogP contribution in [0, 0.1) is 0 Å². The first-order chi connectivity index (χ1) is 16.9. The highest BCUT2D eigenvalue weighted by atomic mass is 32.2. The summed E-state index contributed by atoms with van der Waals surface area (Å²) in [5.41, 5.74) is 2.45. The van der Waals surface area contributed by atoms with Gasteiger partial charge >= 0.3 is 0 Å². The number of methoxy groups -OCH3 is 1. The van der Waals surface area contributed by atoms with Gasteiger partial charge in [0.05, 0.1) is 25.4 Å². The van der Waals surface area contributed by atoms with Crippen LogP contribution in [0.3, 0.4) is 0 Å². The van der Waals surface area contributed by atoms with Crippen LogP contribution in [0.25, 0.3) is 11.1 Å². The molecule has 0 aliphatic carbocycles. The topological polar surface area (TPSA) is 101 Å². The highest BCUT2D eigenvalue weighted by Crippen LogP contribution is 2.33. The summed E-state index contributed by atoms with van der Waals surface area (Å²) in [6, 6.07) is 16.2. The quantitative estimate of drug-likeness (QED) is 0.595. The van der Waals surface area contributed by atoms with Crippen molar-refractivity contribution in [2.45, 2.75) is 10.9 Å². The number of nitrogens with zero attached hydrogens (tertiary/aromatic N) is 3. The molecule has 0 bridgehead atoms. The Kier molecular flexibility index (Phi) is 6.42. The maximum absolute atomic E-state index is 13.1. The fourth-order valence-corrected chi connectivity index (χ4v) is 5.83. The van der Waals surface area contributed by atoms with E-state index in [-0.39, 0.29) is 43.1 Å². The van der Waals surface area contributed by atoms with Crippen molar-refractivity contribution in [3.05, 3.63) is 67.0 Å². The molecule has 2 aliphatic rings. The van der Waals surface area contributed by atoms with Gasteiger partial charge in [-0.15, -0.1) is 0 Å². The molecule has 0 saturated carbocycles. The van der Waals surface area contributed by atoms with Crippen LogP contribution in [0.2, 0.25) is 0 Å². The minimum Gasteiger partial charge on any atom is -0.497 e. The molecule has 1 fully saturated rings. The van der Waals surface area contributed by atoms with E-state index in [1.165, 1.54) is 16.6 Å². The van der Waals surface area contributed by atoms with Crippen molar-refractivity contribution >= 4 is 21.6 Å². The zero-order valence-electron chi connectivity index (χ0n) is 19.3. The number of hydrogen-bond donors (Lipinski definition) is 1. The van der Waals surface area contributed by atoms with Gasteiger partial charge in [0.1, 0.15) is 23.0 Å². The van der Waals surface area contributed by atoms with E-state index in [4.69, 9.17) is 9.47 Å². The Morgan fingerprint density at radius 1 is 1.09 bits per heavy atom. The molecule has 5 rings (SSSR count). The second-order valence-corrected chi connectivity index (χ2v) is 10.4. The Morgan fingerprint density at radius 3 is 2.74 bits per heavy atom. The maximum atomic E-state index is 13.1. The Bertz CT molecular complexity index is 1330. The predicted molar refractivity (Wildman–Crippen MR) is 131 cm³/mol. The summed E-state index contributed by atoms with van der Waals surface area (Å²) in [5.74, 6) is 1.11. The number of nitrogens with one attached hydrogen (secondary N) is 1. The molecule has 3 aromatic rings. The van der Waals surface area contributed by atoms with Gasteiger partial charge in [-0.05, 0) is 47.5 Å². The Hall–Kier alpha value is -3.47. The van der Waals surface area contributed by atoms with E-state index < -0.39 is 10.0 Å². The number of fused-ring (bicyclic) bond motifs is 2. The molecular weight excluding hydrogens is 468 g/mol. The molecule has 0 radical (unpaired) electrons. The van der Waals surface area contributed by atoms with Gasteiger partial charge in [0.2, 0.25) is 15.9 Å². The van der Waals surface area contributed by atoms with Gasteiger partial charge in [-0.2, -0.15) is 4.31 Å². The van der Waals surface area contributed by atoms with Gasteiger partial charge in [-0.3, -0.25) is 14.7 Å². The molecular formula is C25H26N4O5S. The van der Waals surface area contributed by atoms with E-state index >= 15 is 0 Å². The van der Waals surface area contributed by atoms with Gasteiger partial charge in [0.15, 0.2) is 0 Å². The summed E-state index contributed by atoms with van der Waals surface area (Å²) >= 11 is 0. The van der Waals surface area contributed by atoms with Gasteiger partial charge < -0.3 is 14.8 Å². The molecule has 182 valence electrons. The summed E-state index contributed by atoms with van der Waals surface area (Å²) in [4.78, 5) is 19.0. The van der Waals surface area contributed by atoms with Crippen molar-refractivity contribution in [2.24, 2.45) is 0 Å². The van der Waals surface area contributed by atoms with Crippen LogP contribution in [0.15, 0.2) is 71.9 Å². The van der Waals surface area contributed by atoms with Crippen molar-refractivity contribution in [1.82, 2.24) is 14.2 Å². The smallest absolute Gasteiger partial charge is 0.244 e. The zero-order valence-corrected chi connectivity index (χ0v) is 20.1. The lowest BCUT2D eigenvalue weighted by atomic mass is 10.0. The number of ether oxygens (including phenoxy) is 2. The summed E-state index contributed by atoms with van der Waals surface area (Å²) in [7, 11) is -2.06. The first kappa shape index (κ1) is 23.3. The SMILES string of the molecule is COc1cccc(-c2ccc3c(c2)NC(=O)CN2CCN(S(=O)(=O)c4cccnc4)C[C@@H]2CO3)c1. The lowest BCUT2D eigenvalue weighted by Crippen LogP contribution is -2.57. The van der Waals surface area contributed by atoms with E-state index in [9.17, 15) is 13.2 Å². The molecule has 2 aromatic carbocycles. The third kappa shape index (κ3) is 4.86. The summed E-state index contributed by atoms with van der Waals surface area (Å²) in [5, 5.41) is 2.96. The molecule has 1 atom stereocenters. The van der Waals surface area contributed by atoms with Crippen LogP contribution in [0.1, 0.15) is 0 Å². The van der Waals surface area contributed by atoms with Crippen molar-refractivity contribution in [3.8, 4) is 22.6 Å². The number of rotatable bonds is 4. The second kappa shape index (κ2) is 9.65. The Morgan fingerprint density at radius 2 is 1.94 bits per heavy atom. The monoisotopic (exact) mass is 494 g/mol. The van der Waals surface area contributed by atoms with Crippen LogP contribution in [0.4, 0.5) is 5.69 Å². The van der Waals surface area contributed by atoms with Crippen molar-refractivity contribution < 1.29 is 22.7 Å². The zero-order chi connectivity index (χ0) is 24.4. The fourth-order valence-electron chi connectivity index (χ4n) is 4.39. The fraction of sp³-hybridized carbons (Fsp3) is 0.280.